The summed E-state index contributed by atoms with van der Waals surface area (Å²) in [4.78, 5) is 0. The van der Waals surface area contributed by atoms with Gasteiger partial charge in [-0.3, -0.25) is 0 Å². The molecule has 1 aliphatic rings. The van der Waals surface area contributed by atoms with Crippen LogP contribution in [0.15, 0.2) is 17.9 Å². The van der Waals surface area contributed by atoms with E-state index in [4.69, 9.17) is 0 Å². The molecule has 0 heterocycles. The molecule has 0 aromatic rings. The number of hydrogen-bond donors (Lipinski definition) is 2. The molecule has 80 valence electrons. The highest BCUT2D eigenvalue weighted by atomic mass is 79.9. The van der Waals surface area contributed by atoms with Gasteiger partial charge >= 0.3 is 0 Å². The Bertz CT molecular complexity index is 279. The molecule has 0 amide bonds. The zero-order chi connectivity index (χ0) is 11.3. The Morgan fingerprint density at radius 2 is 0.857 bits per heavy atom. The van der Waals surface area contributed by atoms with E-state index in [2.05, 4.69) is 63.7 Å². The molecule has 1 rings (SSSR count). The minimum absolute atomic E-state index is 0.505. The van der Waals surface area contributed by atoms with Gasteiger partial charge in [-0.1, -0.05) is 63.7 Å². The highest BCUT2D eigenvalue weighted by Crippen LogP contribution is 2.51. The van der Waals surface area contributed by atoms with Gasteiger partial charge in [0, 0.05) is 17.9 Å². The van der Waals surface area contributed by atoms with Gasteiger partial charge in [0.25, 0.3) is 0 Å². The monoisotopic (exact) mass is 452 g/mol. The highest BCUT2D eigenvalue weighted by Gasteiger charge is 2.45. The normalized spacial score (nSPS) is 39.4. The molecule has 0 aromatic heterocycles. The maximum absolute atomic E-state index is 10.1. The summed E-state index contributed by atoms with van der Waals surface area (Å²) in [5.74, 6) is 0. The quantitative estimate of drug-likeness (QED) is 0.587. The Morgan fingerprint density at radius 3 is 1.00 bits per heavy atom. The highest BCUT2D eigenvalue weighted by molar-refractivity contribution is 9.15. The number of aliphatic hydroxyl groups is 2. The van der Waals surface area contributed by atoms with Gasteiger partial charge in [-0.05, 0) is 13.8 Å². The SMILES string of the molecule is CC1(O)C(Br)=C(Br)C(C)(O)C(Br)=C1Br. The fraction of sp³-hybridized carbons (Fsp3) is 0.500. The summed E-state index contributed by atoms with van der Waals surface area (Å²) >= 11 is 13.0. The van der Waals surface area contributed by atoms with Crippen LogP contribution in [0.4, 0.5) is 0 Å². The van der Waals surface area contributed by atoms with Crippen LogP contribution in [0.2, 0.25) is 0 Å². The Labute approximate surface area is 116 Å². The minimum atomic E-state index is -1.17. The first-order valence-corrected chi connectivity index (χ1v) is 6.88. The molecular formula is C8H8Br4O2. The van der Waals surface area contributed by atoms with Crippen LogP contribution >= 0.6 is 63.7 Å². The lowest BCUT2D eigenvalue weighted by Crippen LogP contribution is -2.39. The van der Waals surface area contributed by atoms with Crippen molar-refractivity contribution in [3.8, 4) is 0 Å². The van der Waals surface area contributed by atoms with E-state index in [9.17, 15) is 10.2 Å². The van der Waals surface area contributed by atoms with Crippen LogP contribution in [0.25, 0.3) is 0 Å². The first-order valence-electron chi connectivity index (χ1n) is 3.70. The molecular weight excluding hydrogens is 448 g/mol. The Kier molecular flexibility index (Phi) is 3.79. The molecule has 2 N–H and O–H groups in total. The molecule has 0 saturated carbocycles. The second-order valence-electron chi connectivity index (χ2n) is 3.40. The lowest BCUT2D eigenvalue weighted by atomic mass is 9.92. The van der Waals surface area contributed by atoms with Crippen molar-refractivity contribution < 1.29 is 10.2 Å². The number of halogens is 4. The van der Waals surface area contributed by atoms with Crippen LogP contribution in [-0.4, -0.2) is 21.4 Å². The summed E-state index contributed by atoms with van der Waals surface area (Å²) < 4.78 is 2.02. The van der Waals surface area contributed by atoms with Crippen LogP contribution < -0.4 is 0 Å². The molecule has 0 spiro atoms. The molecule has 14 heavy (non-hydrogen) atoms. The second kappa shape index (κ2) is 3.96. The summed E-state index contributed by atoms with van der Waals surface area (Å²) in [6.45, 7) is 3.25. The van der Waals surface area contributed by atoms with E-state index in [0.717, 1.165) is 0 Å². The average molecular weight is 456 g/mol. The van der Waals surface area contributed by atoms with Gasteiger partial charge in [-0.25, -0.2) is 0 Å². The zero-order valence-electron chi connectivity index (χ0n) is 7.41. The van der Waals surface area contributed by atoms with Crippen molar-refractivity contribution in [1.82, 2.24) is 0 Å². The molecule has 6 heteroatoms. The minimum Gasteiger partial charge on any atom is -0.380 e. The standard InChI is InChI=1S/C8H8Br4O2/c1-7(13)3(9)5(11)8(2,14)6(12)4(7)10/h13-14H,1-2H3. The molecule has 0 saturated heterocycles. The largest absolute Gasteiger partial charge is 0.380 e. The molecule has 0 aromatic carbocycles. The first kappa shape index (κ1) is 13.4. The number of hydrogen-bond acceptors (Lipinski definition) is 2. The van der Waals surface area contributed by atoms with Crippen molar-refractivity contribution in [2.24, 2.45) is 0 Å². The molecule has 0 unspecified atom stereocenters. The third kappa shape index (κ3) is 1.82. The van der Waals surface area contributed by atoms with Crippen LogP contribution in [-0.2, 0) is 0 Å². The fourth-order valence-electron chi connectivity index (χ4n) is 1.05. The van der Waals surface area contributed by atoms with E-state index in [0.29, 0.717) is 17.9 Å². The molecule has 0 fully saturated rings. The predicted molar refractivity (Wildman–Crippen MR) is 71.0 cm³/mol. The van der Waals surface area contributed by atoms with Crippen molar-refractivity contribution in [1.29, 1.82) is 0 Å². The van der Waals surface area contributed by atoms with E-state index in [1.165, 1.54) is 0 Å². The third-order valence-corrected chi connectivity index (χ3v) is 7.83. The van der Waals surface area contributed by atoms with Gasteiger partial charge < -0.3 is 10.2 Å². The zero-order valence-corrected chi connectivity index (χ0v) is 13.8. The van der Waals surface area contributed by atoms with Crippen molar-refractivity contribution >= 4 is 63.7 Å². The molecule has 2 nitrogen and oxygen atoms in total. The molecule has 0 bridgehead atoms. The Morgan fingerprint density at radius 1 is 0.714 bits per heavy atom. The Hall–Kier alpha value is 1.32. The topological polar surface area (TPSA) is 40.5 Å². The van der Waals surface area contributed by atoms with Crippen molar-refractivity contribution in [3.05, 3.63) is 17.9 Å². The van der Waals surface area contributed by atoms with Gasteiger partial charge in [-0.15, -0.1) is 0 Å². The lowest BCUT2D eigenvalue weighted by molar-refractivity contribution is 0.119. The van der Waals surface area contributed by atoms with E-state index >= 15 is 0 Å². The third-order valence-electron chi connectivity index (χ3n) is 2.09. The van der Waals surface area contributed by atoms with E-state index in [1.54, 1.807) is 13.8 Å². The maximum atomic E-state index is 10.1. The predicted octanol–water partition coefficient (Wildman–Crippen LogP) is 3.50. The summed E-state index contributed by atoms with van der Waals surface area (Å²) in [5, 5.41) is 20.2. The first-order chi connectivity index (χ1) is 6.13. The van der Waals surface area contributed by atoms with Crippen LogP contribution in [0, 0.1) is 0 Å². The van der Waals surface area contributed by atoms with E-state index < -0.39 is 11.2 Å². The van der Waals surface area contributed by atoms with E-state index in [1.807, 2.05) is 0 Å². The van der Waals surface area contributed by atoms with Gasteiger partial charge in [0.2, 0.25) is 0 Å². The molecule has 0 aliphatic heterocycles. The van der Waals surface area contributed by atoms with Crippen molar-refractivity contribution in [2.75, 3.05) is 0 Å². The van der Waals surface area contributed by atoms with Crippen LogP contribution in [0.3, 0.4) is 0 Å². The maximum Gasteiger partial charge on any atom is 0.126 e. The molecule has 0 atom stereocenters. The second-order valence-corrected chi connectivity index (χ2v) is 6.57. The average Bonchev–Trinajstić information content (AvgIpc) is 2.11. The van der Waals surface area contributed by atoms with Gasteiger partial charge in [0.15, 0.2) is 0 Å². The summed E-state index contributed by atoms with van der Waals surface area (Å²) in [6.07, 6.45) is 0. The number of rotatable bonds is 0. The summed E-state index contributed by atoms with van der Waals surface area (Å²) in [5.41, 5.74) is -2.33. The molecule has 0 radical (unpaired) electrons. The molecule has 1 aliphatic carbocycles. The Balaban J connectivity index is 3.46. The van der Waals surface area contributed by atoms with Crippen molar-refractivity contribution in [3.63, 3.8) is 0 Å². The van der Waals surface area contributed by atoms with Crippen molar-refractivity contribution in [2.45, 2.75) is 25.0 Å². The fourth-order valence-corrected chi connectivity index (χ4v) is 3.92. The van der Waals surface area contributed by atoms with E-state index in [-0.39, 0.29) is 0 Å². The van der Waals surface area contributed by atoms with Gasteiger partial charge in [-0.2, -0.15) is 0 Å². The van der Waals surface area contributed by atoms with Gasteiger partial charge in [0.1, 0.15) is 11.2 Å². The smallest absolute Gasteiger partial charge is 0.126 e. The summed E-state index contributed by atoms with van der Waals surface area (Å²) in [7, 11) is 0. The van der Waals surface area contributed by atoms with Gasteiger partial charge in [0.05, 0.1) is 0 Å². The summed E-state index contributed by atoms with van der Waals surface area (Å²) in [6, 6.07) is 0. The van der Waals surface area contributed by atoms with Crippen LogP contribution in [0.5, 0.6) is 0 Å². The van der Waals surface area contributed by atoms with Crippen LogP contribution in [0.1, 0.15) is 13.8 Å². The lowest BCUT2D eigenvalue weighted by Gasteiger charge is -2.37.